The van der Waals surface area contributed by atoms with Gasteiger partial charge in [0.2, 0.25) is 5.82 Å². The Morgan fingerprint density at radius 2 is 1.71 bits per heavy atom. The number of hydrogen-bond donors (Lipinski definition) is 1. The molecule has 0 aliphatic rings. The van der Waals surface area contributed by atoms with Crippen molar-refractivity contribution in [2.45, 2.75) is 0 Å². The van der Waals surface area contributed by atoms with E-state index in [1.54, 1.807) is 0 Å². The number of benzene rings is 2. The van der Waals surface area contributed by atoms with Crippen LogP contribution in [0, 0.1) is 17.5 Å². The molecule has 0 aliphatic carbocycles. The van der Waals surface area contributed by atoms with E-state index >= 15 is 0 Å². The zero-order chi connectivity index (χ0) is 10.3. The first-order chi connectivity index (χ1) is 6.59. The molecule has 14 heavy (non-hydrogen) atoms. The maximum Gasteiger partial charge on any atom is 0.201 e. The van der Waals surface area contributed by atoms with Crippen LogP contribution in [0.4, 0.5) is 13.2 Å². The molecule has 0 radical (unpaired) electrons. The Morgan fingerprint density at radius 3 is 2.43 bits per heavy atom. The summed E-state index contributed by atoms with van der Waals surface area (Å²) in [5.74, 6) is -3.87. The van der Waals surface area contributed by atoms with Gasteiger partial charge in [-0.15, -0.1) is 0 Å². The van der Waals surface area contributed by atoms with Crippen molar-refractivity contribution in [2.24, 2.45) is 0 Å². The van der Waals surface area contributed by atoms with Gasteiger partial charge in [0.25, 0.3) is 0 Å². The van der Waals surface area contributed by atoms with Gasteiger partial charge in [0.1, 0.15) is 5.82 Å². The summed E-state index contributed by atoms with van der Waals surface area (Å²) < 4.78 is 38.3. The largest absolute Gasteiger partial charge is 0.504 e. The Balaban J connectivity index is 2.91. The van der Waals surface area contributed by atoms with Crippen molar-refractivity contribution < 1.29 is 18.3 Å². The Hall–Kier alpha value is -1.71. The predicted octanol–water partition coefficient (Wildman–Crippen LogP) is 2.96. The molecule has 1 N–H and O–H groups in total. The molecule has 0 aliphatic heterocycles. The molecular formula is C10H5F3O. The van der Waals surface area contributed by atoms with Crippen LogP contribution in [0.5, 0.6) is 5.75 Å². The fourth-order valence-corrected chi connectivity index (χ4v) is 1.30. The summed E-state index contributed by atoms with van der Waals surface area (Å²) in [6.45, 7) is 0. The van der Waals surface area contributed by atoms with Gasteiger partial charge in [-0.3, -0.25) is 0 Å². The second-order valence-corrected chi connectivity index (χ2v) is 2.89. The summed E-state index contributed by atoms with van der Waals surface area (Å²) in [6, 6.07) is 4.13. The highest BCUT2D eigenvalue weighted by atomic mass is 19.2. The molecule has 2 aromatic carbocycles. The number of halogens is 3. The number of aromatic hydroxyl groups is 1. The summed E-state index contributed by atoms with van der Waals surface area (Å²) in [7, 11) is 0. The van der Waals surface area contributed by atoms with E-state index in [4.69, 9.17) is 0 Å². The third kappa shape index (κ3) is 1.19. The molecule has 0 amide bonds. The Morgan fingerprint density at radius 1 is 1.00 bits per heavy atom. The van der Waals surface area contributed by atoms with Gasteiger partial charge in [-0.1, -0.05) is 0 Å². The fraction of sp³-hybridized carbons (Fsp3) is 0. The molecule has 0 bridgehead atoms. The monoisotopic (exact) mass is 198 g/mol. The lowest BCUT2D eigenvalue weighted by Crippen LogP contribution is -1.87. The van der Waals surface area contributed by atoms with Crippen LogP contribution >= 0.6 is 0 Å². The summed E-state index contributed by atoms with van der Waals surface area (Å²) >= 11 is 0. The van der Waals surface area contributed by atoms with Crippen molar-refractivity contribution in [3.05, 3.63) is 41.7 Å². The van der Waals surface area contributed by atoms with Crippen LogP contribution in [-0.4, -0.2) is 5.11 Å². The minimum absolute atomic E-state index is 0.0882. The minimum atomic E-state index is -1.32. The minimum Gasteiger partial charge on any atom is -0.504 e. The molecule has 0 fully saturated rings. The summed E-state index contributed by atoms with van der Waals surface area (Å²) in [4.78, 5) is 0. The molecule has 2 aromatic rings. The molecule has 72 valence electrons. The molecule has 0 unspecified atom stereocenters. The highest BCUT2D eigenvalue weighted by Gasteiger charge is 2.12. The first-order valence-corrected chi connectivity index (χ1v) is 3.86. The van der Waals surface area contributed by atoms with Crippen LogP contribution in [0.1, 0.15) is 0 Å². The molecule has 0 heterocycles. The van der Waals surface area contributed by atoms with Gasteiger partial charge in [-0.2, -0.15) is 4.39 Å². The van der Waals surface area contributed by atoms with Gasteiger partial charge in [0, 0.05) is 5.39 Å². The van der Waals surface area contributed by atoms with Crippen molar-refractivity contribution >= 4 is 10.8 Å². The van der Waals surface area contributed by atoms with Crippen LogP contribution in [0.3, 0.4) is 0 Å². The van der Waals surface area contributed by atoms with Crippen molar-refractivity contribution in [1.82, 2.24) is 0 Å². The van der Waals surface area contributed by atoms with Crippen LogP contribution in [0.15, 0.2) is 24.3 Å². The van der Waals surface area contributed by atoms with Crippen molar-refractivity contribution in [3.63, 3.8) is 0 Å². The van der Waals surface area contributed by atoms with Crippen molar-refractivity contribution in [2.75, 3.05) is 0 Å². The standard InChI is InChI=1S/C10H5F3O/c11-6-1-2-7-5(3-6)4-8(12)9(13)10(7)14/h1-4,14H. The quantitative estimate of drug-likeness (QED) is 0.689. The summed E-state index contributed by atoms with van der Waals surface area (Å²) in [6.07, 6.45) is 0. The first kappa shape index (κ1) is 8.87. The first-order valence-electron chi connectivity index (χ1n) is 3.86. The van der Waals surface area contributed by atoms with Crippen molar-refractivity contribution in [1.29, 1.82) is 0 Å². The lowest BCUT2D eigenvalue weighted by atomic mass is 10.1. The molecule has 0 atom stereocenters. The lowest BCUT2D eigenvalue weighted by Gasteiger charge is -2.03. The van der Waals surface area contributed by atoms with Gasteiger partial charge in [0.05, 0.1) is 0 Å². The van der Waals surface area contributed by atoms with E-state index < -0.39 is 23.2 Å². The number of rotatable bonds is 0. The zero-order valence-corrected chi connectivity index (χ0v) is 6.89. The van der Waals surface area contributed by atoms with E-state index in [9.17, 15) is 18.3 Å². The van der Waals surface area contributed by atoms with Gasteiger partial charge in [0.15, 0.2) is 11.6 Å². The second-order valence-electron chi connectivity index (χ2n) is 2.89. The third-order valence-corrected chi connectivity index (χ3v) is 1.97. The smallest absolute Gasteiger partial charge is 0.201 e. The van der Waals surface area contributed by atoms with Crippen LogP contribution in [0.2, 0.25) is 0 Å². The van der Waals surface area contributed by atoms with Gasteiger partial charge < -0.3 is 5.11 Å². The number of fused-ring (bicyclic) bond motifs is 1. The molecule has 0 spiro atoms. The van der Waals surface area contributed by atoms with Gasteiger partial charge >= 0.3 is 0 Å². The number of phenols is 1. The second kappa shape index (κ2) is 2.90. The maximum atomic E-state index is 12.8. The average molecular weight is 198 g/mol. The van der Waals surface area contributed by atoms with E-state index in [0.29, 0.717) is 0 Å². The Kier molecular flexibility index (Phi) is 1.84. The lowest BCUT2D eigenvalue weighted by molar-refractivity contribution is 0.413. The van der Waals surface area contributed by atoms with Crippen molar-refractivity contribution in [3.8, 4) is 5.75 Å². The zero-order valence-electron chi connectivity index (χ0n) is 6.89. The SMILES string of the molecule is Oc1c(F)c(F)cc2cc(F)ccc12. The maximum absolute atomic E-state index is 12.8. The Bertz CT molecular complexity index is 508. The normalized spacial score (nSPS) is 10.8. The van der Waals surface area contributed by atoms with E-state index in [1.165, 1.54) is 6.07 Å². The third-order valence-electron chi connectivity index (χ3n) is 1.97. The average Bonchev–Trinajstić information content (AvgIpc) is 2.14. The number of phenolic OH excluding ortho intramolecular Hbond substituents is 1. The van der Waals surface area contributed by atoms with Crippen LogP contribution in [0.25, 0.3) is 10.8 Å². The van der Waals surface area contributed by atoms with E-state index in [1.807, 2.05) is 0 Å². The molecule has 2 rings (SSSR count). The summed E-state index contributed by atoms with van der Waals surface area (Å²) in [5, 5.41) is 9.41. The summed E-state index contributed by atoms with van der Waals surface area (Å²) in [5.41, 5.74) is 0. The molecule has 0 saturated carbocycles. The molecule has 4 heteroatoms. The fourth-order valence-electron chi connectivity index (χ4n) is 1.30. The predicted molar refractivity (Wildman–Crippen MR) is 45.5 cm³/mol. The van der Waals surface area contributed by atoms with Crippen LogP contribution < -0.4 is 0 Å². The molecular weight excluding hydrogens is 193 g/mol. The van der Waals surface area contributed by atoms with Gasteiger partial charge in [-0.05, 0) is 29.7 Å². The van der Waals surface area contributed by atoms with E-state index in [2.05, 4.69) is 0 Å². The highest BCUT2D eigenvalue weighted by Crippen LogP contribution is 2.29. The van der Waals surface area contributed by atoms with Gasteiger partial charge in [-0.25, -0.2) is 8.78 Å². The highest BCUT2D eigenvalue weighted by molar-refractivity contribution is 5.88. The molecule has 0 aromatic heterocycles. The Labute approximate surface area is 77.4 Å². The van der Waals surface area contributed by atoms with Crippen LogP contribution in [-0.2, 0) is 0 Å². The molecule has 0 saturated heterocycles. The van der Waals surface area contributed by atoms with E-state index in [-0.39, 0.29) is 10.8 Å². The van der Waals surface area contributed by atoms with E-state index in [0.717, 1.165) is 18.2 Å². The molecule has 1 nitrogen and oxygen atoms in total. The number of hydrogen-bond acceptors (Lipinski definition) is 1. The topological polar surface area (TPSA) is 20.2 Å².